The Labute approximate surface area is 164 Å². The minimum Gasteiger partial charge on any atom is -0.449 e. The van der Waals surface area contributed by atoms with Crippen LogP contribution in [-0.4, -0.2) is 47.6 Å². The summed E-state index contributed by atoms with van der Waals surface area (Å²) in [6.07, 6.45) is 5.73. The number of hydrogen-bond acceptors (Lipinski definition) is 5. The fourth-order valence-electron chi connectivity index (χ4n) is 3.45. The molecule has 2 atom stereocenters. The lowest BCUT2D eigenvalue weighted by Gasteiger charge is -2.20. The maximum atomic E-state index is 12.3. The molecule has 2 aromatic heterocycles. The van der Waals surface area contributed by atoms with Crippen LogP contribution in [0.15, 0.2) is 28.9 Å². The van der Waals surface area contributed by atoms with Gasteiger partial charge in [0, 0.05) is 44.6 Å². The van der Waals surface area contributed by atoms with Gasteiger partial charge in [0.05, 0.1) is 6.20 Å². The molecule has 1 saturated carbocycles. The van der Waals surface area contributed by atoms with Crippen molar-refractivity contribution >= 4 is 28.6 Å². The summed E-state index contributed by atoms with van der Waals surface area (Å²) in [7, 11) is 1.78. The number of pyridine rings is 1. The van der Waals surface area contributed by atoms with Crippen molar-refractivity contribution < 1.29 is 18.8 Å². The predicted octanol–water partition coefficient (Wildman–Crippen LogP) is 2.80. The van der Waals surface area contributed by atoms with Crippen LogP contribution >= 0.6 is 0 Å². The summed E-state index contributed by atoms with van der Waals surface area (Å²) in [6, 6.07) is 3.53. The lowest BCUT2D eigenvalue weighted by atomic mass is 10.0. The Morgan fingerprint density at radius 3 is 2.86 bits per heavy atom. The topological polar surface area (TPSA) is 92.5 Å². The van der Waals surface area contributed by atoms with E-state index in [2.05, 4.69) is 17.2 Å². The second-order valence-electron chi connectivity index (χ2n) is 8.06. The number of aromatic nitrogens is 1. The molecule has 1 aliphatic rings. The smallest absolute Gasteiger partial charge is 0.287 e. The molecule has 2 aromatic rings. The lowest BCUT2D eigenvalue weighted by molar-refractivity contribution is -0.132. The molecule has 0 bridgehead atoms. The average Bonchev–Trinajstić information content (AvgIpc) is 3.12. The highest BCUT2D eigenvalue weighted by Gasteiger charge is 2.49. The fraction of sp³-hybridized carbons (Fsp3) is 0.524. The fourth-order valence-corrected chi connectivity index (χ4v) is 3.45. The number of ketones is 1. The molecule has 28 heavy (non-hydrogen) atoms. The van der Waals surface area contributed by atoms with E-state index in [0.717, 1.165) is 18.2 Å². The molecule has 0 saturated heterocycles. The van der Waals surface area contributed by atoms with Crippen LogP contribution in [0.4, 0.5) is 0 Å². The number of furan rings is 1. The highest BCUT2D eigenvalue weighted by molar-refractivity contribution is 5.95. The van der Waals surface area contributed by atoms with Gasteiger partial charge in [0.25, 0.3) is 5.91 Å². The molecule has 1 fully saturated rings. The monoisotopic (exact) mass is 385 g/mol. The molecule has 0 aliphatic heterocycles. The number of fused-ring (bicyclic) bond motifs is 1. The summed E-state index contributed by atoms with van der Waals surface area (Å²) in [6.45, 7) is 4.94. The van der Waals surface area contributed by atoms with E-state index in [1.165, 1.54) is 6.92 Å². The molecular weight excluding hydrogens is 358 g/mol. The SMILES string of the molecule is CC(=O)CCC(=O)N(C)CCC1(C)CC1CNC(=O)c1cc2ccncc2o1. The first-order chi connectivity index (χ1) is 13.3. The molecule has 2 amide bonds. The van der Waals surface area contributed by atoms with E-state index in [-0.39, 0.29) is 29.4 Å². The summed E-state index contributed by atoms with van der Waals surface area (Å²) >= 11 is 0. The van der Waals surface area contributed by atoms with Gasteiger partial charge < -0.3 is 19.4 Å². The number of nitrogens with one attached hydrogen (secondary N) is 1. The average molecular weight is 385 g/mol. The Morgan fingerprint density at radius 1 is 1.36 bits per heavy atom. The number of hydrogen-bond donors (Lipinski definition) is 1. The minimum atomic E-state index is -0.220. The van der Waals surface area contributed by atoms with Gasteiger partial charge in [-0.25, -0.2) is 0 Å². The molecule has 3 rings (SSSR count). The first-order valence-corrected chi connectivity index (χ1v) is 9.64. The van der Waals surface area contributed by atoms with Crippen LogP contribution in [0.3, 0.4) is 0 Å². The molecule has 0 spiro atoms. The lowest BCUT2D eigenvalue weighted by Crippen LogP contribution is -2.30. The third-order valence-electron chi connectivity index (χ3n) is 5.73. The standard InChI is InChI=1S/C21H27N3O4/c1-14(25)4-5-19(26)24(3)9-7-21(2)11-16(21)12-23-20(27)17-10-15-6-8-22-13-18(15)28-17/h6,8,10,13,16H,4-5,7,9,11-12H2,1-3H3,(H,23,27). The number of amides is 2. The molecular formula is C21H27N3O4. The van der Waals surface area contributed by atoms with Gasteiger partial charge in [-0.3, -0.25) is 14.6 Å². The second kappa shape index (κ2) is 8.12. The quantitative estimate of drug-likeness (QED) is 0.716. The Balaban J connectivity index is 1.42. The normalized spacial score (nSPS) is 20.8. The van der Waals surface area contributed by atoms with E-state index in [1.807, 2.05) is 6.07 Å². The van der Waals surface area contributed by atoms with Crippen molar-refractivity contribution in [2.75, 3.05) is 20.1 Å². The second-order valence-corrected chi connectivity index (χ2v) is 8.06. The van der Waals surface area contributed by atoms with Crippen LogP contribution in [0.1, 0.15) is 50.1 Å². The molecule has 1 N–H and O–H groups in total. The van der Waals surface area contributed by atoms with Gasteiger partial charge in [-0.2, -0.15) is 0 Å². The predicted molar refractivity (Wildman–Crippen MR) is 105 cm³/mol. The summed E-state index contributed by atoms with van der Waals surface area (Å²) in [4.78, 5) is 41.0. The van der Waals surface area contributed by atoms with Crippen molar-refractivity contribution in [1.82, 2.24) is 15.2 Å². The van der Waals surface area contributed by atoms with Gasteiger partial charge in [-0.05, 0) is 43.2 Å². The number of nitrogens with zero attached hydrogens (tertiary/aromatic N) is 2. The van der Waals surface area contributed by atoms with Gasteiger partial charge in [0.15, 0.2) is 11.3 Å². The van der Waals surface area contributed by atoms with Crippen LogP contribution in [0.5, 0.6) is 0 Å². The molecule has 2 unspecified atom stereocenters. The largest absolute Gasteiger partial charge is 0.449 e. The van der Waals surface area contributed by atoms with Crippen LogP contribution in [0.2, 0.25) is 0 Å². The Bertz CT molecular complexity index is 858. The highest BCUT2D eigenvalue weighted by atomic mass is 16.3. The van der Waals surface area contributed by atoms with E-state index in [0.29, 0.717) is 36.8 Å². The van der Waals surface area contributed by atoms with Crippen molar-refractivity contribution in [3.8, 4) is 0 Å². The van der Waals surface area contributed by atoms with Crippen molar-refractivity contribution in [2.24, 2.45) is 11.3 Å². The van der Waals surface area contributed by atoms with Crippen LogP contribution in [0, 0.1) is 11.3 Å². The minimum absolute atomic E-state index is 0.00341. The van der Waals surface area contributed by atoms with Crippen molar-refractivity contribution in [3.05, 3.63) is 30.3 Å². The van der Waals surface area contributed by atoms with E-state index in [1.54, 1.807) is 30.4 Å². The highest BCUT2D eigenvalue weighted by Crippen LogP contribution is 2.54. The molecule has 150 valence electrons. The number of Topliss-reactive ketones (excluding diaryl/α,β-unsaturated/α-hetero) is 1. The van der Waals surface area contributed by atoms with Gasteiger partial charge in [0.2, 0.25) is 5.91 Å². The van der Waals surface area contributed by atoms with Gasteiger partial charge in [0.1, 0.15) is 5.78 Å². The van der Waals surface area contributed by atoms with E-state index in [9.17, 15) is 14.4 Å². The van der Waals surface area contributed by atoms with E-state index in [4.69, 9.17) is 4.42 Å². The molecule has 7 heteroatoms. The molecule has 7 nitrogen and oxygen atoms in total. The summed E-state index contributed by atoms with van der Waals surface area (Å²) in [5.41, 5.74) is 0.724. The Kier molecular flexibility index (Phi) is 5.82. The molecule has 0 radical (unpaired) electrons. The Morgan fingerprint density at radius 2 is 2.14 bits per heavy atom. The van der Waals surface area contributed by atoms with Crippen LogP contribution < -0.4 is 5.32 Å². The summed E-state index contributed by atoms with van der Waals surface area (Å²) < 4.78 is 5.54. The molecule has 1 aliphatic carbocycles. The van der Waals surface area contributed by atoms with Gasteiger partial charge >= 0.3 is 0 Å². The van der Waals surface area contributed by atoms with E-state index < -0.39 is 0 Å². The number of rotatable bonds is 9. The maximum absolute atomic E-state index is 12.3. The summed E-state index contributed by atoms with van der Waals surface area (Å²) in [5.74, 6) is 0.502. The van der Waals surface area contributed by atoms with Crippen LogP contribution in [0.25, 0.3) is 11.0 Å². The zero-order chi connectivity index (χ0) is 20.3. The third kappa shape index (κ3) is 4.77. The molecule has 2 heterocycles. The van der Waals surface area contributed by atoms with Crippen molar-refractivity contribution in [1.29, 1.82) is 0 Å². The van der Waals surface area contributed by atoms with Gasteiger partial charge in [-0.15, -0.1) is 0 Å². The third-order valence-corrected chi connectivity index (χ3v) is 5.73. The summed E-state index contributed by atoms with van der Waals surface area (Å²) in [5, 5.41) is 3.80. The first-order valence-electron chi connectivity index (χ1n) is 9.64. The number of carbonyl (C=O) groups excluding carboxylic acids is 3. The van der Waals surface area contributed by atoms with Crippen LogP contribution in [-0.2, 0) is 9.59 Å². The zero-order valence-corrected chi connectivity index (χ0v) is 16.7. The Hall–Kier alpha value is -2.70. The zero-order valence-electron chi connectivity index (χ0n) is 16.7. The molecule has 0 aromatic carbocycles. The number of carbonyl (C=O) groups is 3. The van der Waals surface area contributed by atoms with Crippen molar-refractivity contribution in [3.63, 3.8) is 0 Å². The van der Waals surface area contributed by atoms with E-state index >= 15 is 0 Å². The van der Waals surface area contributed by atoms with Gasteiger partial charge in [-0.1, -0.05) is 6.92 Å². The first kappa shape index (κ1) is 20.0. The van der Waals surface area contributed by atoms with Crippen molar-refractivity contribution in [2.45, 2.75) is 39.5 Å². The maximum Gasteiger partial charge on any atom is 0.287 e.